The van der Waals surface area contributed by atoms with Gasteiger partial charge in [-0.3, -0.25) is 9.59 Å². The van der Waals surface area contributed by atoms with Crippen molar-refractivity contribution < 1.29 is 14.3 Å². The Morgan fingerprint density at radius 2 is 2.28 bits per heavy atom. The highest BCUT2D eigenvalue weighted by atomic mass is 16.6. The zero-order valence-electron chi connectivity index (χ0n) is 10.7. The van der Waals surface area contributed by atoms with Crippen LogP contribution in [-0.4, -0.2) is 36.5 Å². The Labute approximate surface area is 108 Å². The van der Waals surface area contributed by atoms with Gasteiger partial charge in [-0.25, -0.2) is 0 Å². The van der Waals surface area contributed by atoms with Crippen molar-refractivity contribution in [3.05, 3.63) is 0 Å². The summed E-state index contributed by atoms with van der Waals surface area (Å²) < 4.78 is 5.10. The summed E-state index contributed by atoms with van der Waals surface area (Å²) in [4.78, 5) is 25.4. The summed E-state index contributed by atoms with van der Waals surface area (Å²) in [6.07, 6.45) is 9.18. The Morgan fingerprint density at radius 1 is 1.50 bits per heavy atom. The number of fused-ring (bicyclic) bond motifs is 2. The number of amides is 1. The number of esters is 1. The van der Waals surface area contributed by atoms with Crippen molar-refractivity contribution in [1.82, 2.24) is 4.90 Å². The zero-order valence-corrected chi connectivity index (χ0v) is 10.7. The van der Waals surface area contributed by atoms with Crippen molar-refractivity contribution in [2.24, 2.45) is 11.8 Å². The van der Waals surface area contributed by atoms with E-state index in [9.17, 15) is 9.59 Å². The van der Waals surface area contributed by atoms with E-state index in [1.807, 2.05) is 0 Å². The zero-order chi connectivity index (χ0) is 13.1. The normalized spacial score (nSPS) is 28.9. The first kappa shape index (κ1) is 12.9. The quantitative estimate of drug-likeness (QED) is 0.418. The number of hydrogen-bond acceptors (Lipinski definition) is 3. The molecule has 4 nitrogen and oxygen atoms in total. The van der Waals surface area contributed by atoms with Crippen LogP contribution in [0.4, 0.5) is 0 Å². The number of rotatable bonds is 5. The molecule has 98 valence electrons. The first-order chi connectivity index (χ1) is 8.63. The highest BCUT2D eigenvalue weighted by molar-refractivity contribution is 5.87. The fourth-order valence-electron chi connectivity index (χ4n) is 2.84. The maximum Gasteiger partial charge on any atom is 0.310 e. The highest BCUT2D eigenvalue weighted by Gasteiger charge is 2.51. The van der Waals surface area contributed by atoms with Gasteiger partial charge in [0, 0.05) is 20.0 Å². The second kappa shape index (κ2) is 5.43. The minimum absolute atomic E-state index is 0.0220. The lowest BCUT2D eigenvalue weighted by molar-refractivity contribution is -0.155. The number of hydrogen-bond donors (Lipinski definition) is 0. The Kier molecular flexibility index (Phi) is 3.90. The molecular weight excluding hydrogens is 230 g/mol. The van der Waals surface area contributed by atoms with Crippen molar-refractivity contribution in [1.29, 1.82) is 0 Å². The largest absolute Gasteiger partial charge is 0.462 e. The molecule has 0 radical (unpaired) electrons. The van der Waals surface area contributed by atoms with Gasteiger partial charge in [-0.05, 0) is 25.7 Å². The molecule has 18 heavy (non-hydrogen) atoms. The summed E-state index contributed by atoms with van der Waals surface area (Å²) in [6.45, 7) is 0.712. The van der Waals surface area contributed by atoms with Gasteiger partial charge in [-0.1, -0.05) is 0 Å². The van der Waals surface area contributed by atoms with Gasteiger partial charge in [0.1, 0.15) is 6.10 Å². The maximum absolute atomic E-state index is 12.2. The van der Waals surface area contributed by atoms with Gasteiger partial charge in [-0.2, -0.15) is 0 Å². The molecule has 0 spiro atoms. The monoisotopic (exact) mass is 249 g/mol. The van der Waals surface area contributed by atoms with E-state index in [0.29, 0.717) is 13.0 Å². The lowest BCUT2D eigenvalue weighted by Gasteiger charge is -2.25. The van der Waals surface area contributed by atoms with Gasteiger partial charge in [0.2, 0.25) is 5.91 Å². The van der Waals surface area contributed by atoms with E-state index in [1.54, 1.807) is 11.9 Å². The minimum atomic E-state index is -0.198. The second-order valence-electron chi connectivity index (χ2n) is 5.16. The molecule has 1 amide bonds. The number of carbonyl (C=O) groups is 2. The summed E-state index contributed by atoms with van der Waals surface area (Å²) in [6, 6.07) is 0. The first-order valence-corrected chi connectivity index (χ1v) is 6.52. The maximum atomic E-state index is 12.2. The predicted octanol–water partition coefficient (Wildman–Crippen LogP) is 1.20. The molecule has 0 aromatic heterocycles. The molecule has 1 saturated heterocycles. The van der Waals surface area contributed by atoms with E-state index in [0.717, 1.165) is 25.7 Å². The van der Waals surface area contributed by atoms with E-state index in [2.05, 4.69) is 5.92 Å². The van der Waals surface area contributed by atoms with Crippen LogP contribution in [0.25, 0.3) is 0 Å². The lowest BCUT2D eigenvalue weighted by atomic mass is 9.94. The Bertz CT molecular complexity index is 385. The Balaban J connectivity index is 1.81. The molecule has 3 unspecified atom stereocenters. The first-order valence-electron chi connectivity index (χ1n) is 6.52. The van der Waals surface area contributed by atoms with Crippen LogP contribution in [0.1, 0.15) is 32.1 Å². The molecule has 0 aromatic rings. The Morgan fingerprint density at radius 3 is 2.89 bits per heavy atom. The summed E-state index contributed by atoms with van der Waals surface area (Å²) >= 11 is 0. The van der Waals surface area contributed by atoms with Crippen LogP contribution in [0.15, 0.2) is 0 Å². The summed E-state index contributed by atoms with van der Waals surface area (Å²) in [5.41, 5.74) is 0. The summed E-state index contributed by atoms with van der Waals surface area (Å²) in [5.74, 6) is 2.13. The van der Waals surface area contributed by atoms with E-state index in [4.69, 9.17) is 11.2 Å². The summed E-state index contributed by atoms with van der Waals surface area (Å²) in [7, 11) is 1.80. The van der Waals surface area contributed by atoms with Gasteiger partial charge >= 0.3 is 5.97 Å². The van der Waals surface area contributed by atoms with E-state index in [1.165, 1.54) is 0 Å². The van der Waals surface area contributed by atoms with Crippen LogP contribution in [0.2, 0.25) is 0 Å². The van der Waals surface area contributed by atoms with Gasteiger partial charge < -0.3 is 9.64 Å². The van der Waals surface area contributed by atoms with E-state index in [-0.39, 0.29) is 29.8 Å². The molecule has 3 atom stereocenters. The smallest absolute Gasteiger partial charge is 0.310 e. The molecule has 0 aromatic carbocycles. The molecular formula is C14H19NO3. The Hall–Kier alpha value is -1.50. The predicted molar refractivity (Wildman–Crippen MR) is 66.4 cm³/mol. The number of carbonyl (C=O) groups excluding carboxylic acids is 2. The lowest BCUT2D eigenvalue weighted by Crippen LogP contribution is -2.39. The highest BCUT2D eigenvalue weighted by Crippen LogP contribution is 2.41. The summed E-state index contributed by atoms with van der Waals surface area (Å²) in [5, 5.41) is 0. The number of unbranched alkanes of at least 4 members (excludes halogenated alkanes) is 2. The van der Waals surface area contributed by atoms with Crippen molar-refractivity contribution in [2.75, 3.05) is 13.6 Å². The molecule has 1 heterocycles. The molecule has 4 heteroatoms. The van der Waals surface area contributed by atoms with Crippen LogP contribution in [0.3, 0.4) is 0 Å². The fraction of sp³-hybridized carbons (Fsp3) is 0.714. The minimum Gasteiger partial charge on any atom is -0.462 e. The van der Waals surface area contributed by atoms with Crippen molar-refractivity contribution in [2.45, 2.75) is 38.2 Å². The molecule has 2 fully saturated rings. The van der Waals surface area contributed by atoms with E-state index < -0.39 is 0 Å². The van der Waals surface area contributed by atoms with Gasteiger partial charge in [0.15, 0.2) is 0 Å². The second-order valence-corrected chi connectivity index (χ2v) is 5.16. The molecule has 1 aliphatic heterocycles. The van der Waals surface area contributed by atoms with Gasteiger partial charge in [0.25, 0.3) is 0 Å². The fourth-order valence-corrected chi connectivity index (χ4v) is 2.84. The van der Waals surface area contributed by atoms with Gasteiger partial charge in [-0.15, -0.1) is 12.3 Å². The van der Waals surface area contributed by atoms with Crippen molar-refractivity contribution in [3.63, 3.8) is 0 Å². The number of terminal acetylenes is 1. The molecule has 2 rings (SSSR count). The SMILES string of the molecule is C#CCCCCN(C)C(=O)C1CC2CC1C(=O)O2. The van der Waals surface area contributed by atoms with Crippen molar-refractivity contribution in [3.8, 4) is 12.3 Å². The van der Waals surface area contributed by atoms with Crippen LogP contribution >= 0.6 is 0 Å². The molecule has 1 aliphatic carbocycles. The van der Waals surface area contributed by atoms with Crippen LogP contribution in [0, 0.1) is 24.2 Å². The number of ether oxygens (including phenoxy) is 1. The number of nitrogens with zero attached hydrogens (tertiary/aromatic N) is 1. The van der Waals surface area contributed by atoms with Crippen molar-refractivity contribution >= 4 is 11.9 Å². The van der Waals surface area contributed by atoms with Gasteiger partial charge in [0.05, 0.1) is 11.8 Å². The molecule has 2 aliphatic rings. The van der Waals surface area contributed by atoms with Crippen LogP contribution in [0.5, 0.6) is 0 Å². The van der Waals surface area contributed by atoms with Crippen LogP contribution in [-0.2, 0) is 14.3 Å². The average molecular weight is 249 g/mol. The topological polar surface area (TPSA) is 46.6 Å². The average Bonchev–Trinajstić information content (AvgIpc) is 2.92. The third-order valence-electron chi connectivity index (χ3n) is 3.86. The molecule has 1 saturated carbocycles. The standard InChI is InChI=1S/C14H19NO3/c1-3-4-5-6-7-15(2)13(16)11-8-10-9-12(11)14(17)18-10/h1,10-12H,4-9H2,2H3. The van der Waals surface area contributed by atoms with E-state index >= 15 is 0 Å². The third-order valence-corrected chi connectivity index (χ3v) is 3.86. The molecule has 0 N–H and O–H groups in total. The molecule has 2 bridgehead atoms. The third kappa shape index (κ3) is 2.50. The van der Waals surface area contributed by atoms with Crippen LogP contribution < -0.4 is 0 Å².